The lowest BCUT2D eigenvalue weighted by Crippen LogP contribution is -2.42. The lowest BCUT2D eigenvalue weighted by atomic mass is 10.0. The van der Waals surface area contributed by atoms with Crippen molar-refractivity contribution in [2.75, 3.05) is 51.9 Å². The molecule has 0 bridgehead atoms. The van der Waals surface area contributed by atoms with Gasteiger partial charge in [0.1, 0.15) is 86.5 Å². The molecular formula is C107H132N6O23S2. The van der Waals surface area contributed by atoms with Crippen LogP contribution in [-0.4, -0.2) is 186 Å². The van der Waals surface area contributed by atoms with Gasteiger partial charge in [0.2, 0.25) is 11.8 Å². The molecule has 740 valence electrons. The van der Waals surface area contributed by atoms with E-state index in [1.54, 1.807) is 140 Å². The number of rotatable bonds is 41. The molecule has 4 heterocycles. The number of aliphatic hydroxyl groups is 2. The number of likely N-dealkylation sites (tertiary alicyclic amines) is 2. The Kier molecular flexibility index (Phi) is 42.0. The molecule has 0 saturated carbocycles. The first-order valence-corrected chi connectivity index (χ1v) is 50.3. The van der Waals surface area contributed by atoms with E-state index in [1.807, 2.05) is 135 Å². The van der Waals surface area contributed by atoms with Crippen molar-refractivity contribution < 1.29 is 108 Å². The number of sulfone groups is 2. The average Bonchev–Trinajstić information content (AvgIpc) is 0.838. The molecule has 10 aromatic rings. The number of nitrogens with zero attached hydrogens (tertiary/aromatic N) is 6. The molecule has 29 nitrogen and oxygen atoms in total. The molecule has 2 fully saturated rings. The molecule has 2 aromatic heterocycles. The zero-order chi connectivity index (χ0) is 101. The normalized spacial score (nSPS) is 13.3. The van der Waals surface area contributed by atoms with E-state index in [-0.39, 0.29) is 136 Å². The summed E-state index contributed by atoms with van der Waals surface area (Å²) in [5.41, 5.74) is 4.37. The van der Waals surface area contributed by atoms with Crippen molar-refractivity contribution in [2.45, 2.75) is 216 Å². The predicted octanol–water partition coefficient (Wildman–Crippen LogP) is 20.9. The fraction of sp³-hybridized carbons (Fsp3) is 0.411. The third-order valence-corrected chi connectivity index (χ3v) is 23.5. The van der Waals surface area contributed by atoms with Crippen LogP contribution in [-0.2, 0) is 26.1 Å². The van der Waals surface area contributed by atoms with Crippen LogP contribution in [0.4, 0.5) is 0 Å². The summed E-state index contributed by atoms with van der Waals surface area (Å²) in [6.45, 7) is 38.8. The van der Waals surface area contributed by atoms with E-state index in [4.69, 9.17) is 52.5 Å². The van der Waals surface area contributed by atoms with E-state index in [9.17, 15) is 55.5 Å². The van der Waals surface area contributed by atoms with E-state index in [0.29, 0.717) is 115 Å². The molecule has 2 saturated heterocycles. The number of Topliss-reactive ketones (excluding diaryl/α,β-unsaturated/α-hetero) is 5. The van der Waals surface area contributed by atoms with Gasteiger partial charge in [0.05, 0.1) is 71.7 Å². The Morgan fingerprint density at radius 2 is 0.623 bits per heavy atom. The number of carbonyl (C=O) groups is 7. The van der Waals surface area contributed by atoms with E-state index in [0.717, 1.165) is 70.8 Å². The third-order valence-electron chi connectivity index (χ3n) is 21.2. The van der Waals surface area contributed by atoms with Gasteiger partial charge in [-0.25, -0.2) is 36.8 Å². The van der Waals surface area contributed by atoms with Crippen molar-refractivity contribution in [3.63, 3.8) is 0 Å². The minimum Gasteiger partial charge on any atom is -0.491 e. The average molecular weight is 1930 g/mol. The van der Waals surface area contributed by atoms with Gasteiger partial charge in [-0.05, 0) is 189 Å². The van der Waals surface area contributed by atoms with Crippen molar-refractivity contribution in [1.82, 2.24) is 29.7 Å². The molecule has 138 heavy (non-hydrogen) atoms. The van der Waals surface area contributed by atoms with E-state index < -0.39 is 25.8 Å². The highest BCUT2D eigenvalue weighted by molar-refractivity contribution is 7.91. The number of ether oxygens (including phenoxy) is 10. The minimum atomic E-state index is -3.29. The summed E-state index contributed by atoms with van der Waals surface area (Å²) in [4.78, 5) is 107. The standard InChI is InChI=1S/C23H30O4.C22H27N3O4.C21H25N3O4.C21H26O5S.C20H24O6S/c1-16(2)23(25)20-13-21(26-17(3)10-11-24)15-22(14-20)27-18(4)12-19-8-6-5-7-9-19;1-5-15(4)28-17-9-16(21(26)14(2)3)10-18(11-17)29-20-13-23-19(12-24-20)22(27)25-7-6-8-25;1-13(2)20(25)15-8-16(27-14(3)4)10-17(9-15)28-19-12-22-18(11-23-19)21(26)24-6-5-7-24;1-6-15(4)25-18-11-16(21(22)14(2)3)12-19(13-18)26-17-7-9-20(10-8-17)27(5,23)24;1-13(2)20(22)15-9-17(25-14(3)12-21)11-18(10-15)26-16-5-7-19(8-6-16)27(4,23)24/h5-9,13-18,24H,10-12H2,1-4H3;9-15H,5-8H2,1-4H3;8-14H,5-7H2,1-4H3;7-15H,6H2,1-5H3;5-11,13-14,21H,12H2,1-4H3/t17-,18-;15-;;15-;14-/m00.00/s1. The third kappa shape index (κ3) is 35.2. The fourth-order valence-corrected chi connectivity index (χ4v) is 14.4. The van der Waals surface area contributed by atoms with Gasteiger partial charge in [-0.2, -0.15) is 0 Å². The number of benzene rings is 8. The number of aromatic nitrogens is 4. The van der Waals surface area contributed by atoms with Crippen LogP contribution in [0, 0.1) is 29.6 Å². The summed E-state index contributed by atoms with van der Waals surface area (Å²) in [6.07, 6.45) is 12.3. The van der Waals surface area contributed by atoms with Crippen LogP contribution in [0.1, 0.15) is 242 Å². The molecule has 2 aliphatic rings. The van der Waals surface area contributed by atoms with Crippen LogP contribution < -0.4 is 47.4 Å². The number of carbonyl (C=O) groups excluding carboxylic acids is 7. The number of aliphatic hydroxyl groups excluding tert-OH is 2. The summed E-state index contributed by atoms with van der Waals surface area (Å²) < 4.78 is 105. The first-order valence-electron chi connectivity index (χ1n) is 46.5. The first-order chi connectivity index (χ1) is 65.3. The molecule has 0 spiro atoms. The van der Waals surface area contributed by atoms with Gasteiger partial charge in [0.15, 0.2) is 48.6 Å². The van der Waals surface area contributed by atoms with E-state index >= 15 is 0 Å². The van der Waals surface area contributed by atoms with Crippen LogP contribution in [0.15, 0.2) is 204 Å². The van der Waals surface area contributed by atoms with Crippen LogP contribution in [0.25, 0.3) is 0 Å². The largest absolute Gasteiger partial charge is 0.491 e. The van der Waals surface area contributed by atoms with Gasteiger partial charge in [-0.3, -0.25) is 33.6 Å². The number of hydrogen-bond donors (Lipinski definition) is 2. The molecule has 5 atom stereocenters. The van der Waals surface area contributed by atoms with Gasteiger partial charge < -0.3 is 67.4 Å². The monoisotopic (exact) mass is 1930 g/mol. The van der Waals surface area contributed by atoms with Crippen LogP contribution in [0.2, 0.25) is 0 Å². The van der Waals surface area contributed by atoms with Crippen LogP contribution in [0.5, 0.6) is 80.8 Å². The van der Waals surface area contributed by atoms with E-state index in [2.05, 4.69) is 32.1 Å². The lowest BCUT2D eigenvalue weighted by molar-refractivity contribution is 0.0638. The first kappa shape index (κ1) is 110. The van der Waals surface area contributed by atoms with Crippen molar-refractivity contribution in [2.24, 2.45) is 29.6 Å². The lowest BCUT2D eigenvalue weighted by Gasteiger charge is -2.30. The number of hydrogen-bond acceptors (Lipinski definition) is 27. The molecule has 2 aliphatic heterocycles. The van der Waals surface area contributed by atoms with Crippen LogP contribution >= 0.6 is 0 Å². The van der Waals surface area contributed by atoms with Crippen LogP contribution in [0.3, 0.4) is 0 Å². The smallest absolute Gasteiger partial charge is 0.274 e. The number of amides is 2. The molecule has 0 aliphatic carbocycles. The summed E-state index contributed by atoms with van der Waals surface area (Å²) in [7, 11) is -6.55. The van der Waals surface area contributed by atoms with E-state index in [1.165, 1.54) is 54.6 Å². The fourth-order valence-electron chi connectivity index (χ4n) is 13.1. The Bertz CT molecular complexity index is 5800. The van der Waals surface area contributed by atoms with Crippen molar-refractivity contribution in [3.8, 4) is 80.8 Å². The molecular weight excluding hydrogens is 1800 g/mol. The Morgan fingerprint density at radius 1 is 0.333 bits per heavy atom. The number of ketones is 5. The maximum Gasteiger partial charge on any atom is 0.274 e. The van der Waals surface area contributed by atoms with Gasteiger partial charge in [0, 0.05) is 146 Å². The quantitative estimate of drug-likeness (QED) is 0.0336. The Hall–Kier alpha value is -13.0. The summed E-state index contributed by atoms with van der Waals surface area (Å²) in [5, 5.41) is 18.3. The highest BCUT2D eigenvalue weighted by Gasteiger charge is 2.28. The summed E-state index contributed by atoms with van der Waals surface area (Å²) >= 11 is 0. The molecule has 12 rings (SSSR count). The second kappa shape index (κ2) is 52.5. The minimum absolute atomic E-state index is 0.000586. The predicted molar refractivity (Wildman–Crippen MR) is 528 cm³/mol. The SMILES string of the molecule is CC(C)C(=O)c1cc(O[C@@H](C)CCO)cc(O[C@@H](C)Cc2ccccc2)c1.CC(C)C(=O)c1cc(Oc2ccc(S(C)(=O)=O)cc2)cc(O[C@@H](C)CO)c1.CC(C)Oc1cc(Oc2cnc(C(=O)N3CCC3)cn2)cc(C(=O)C(C)C)c1.CC[C@H](C)Oc1cc(Oc2ccc(S(C)(=O)=O)cc2)cc(C(=O)C(C)C)c1.CC[C@H](C)Oc1cc(Oc2cnc(C(=O)N3CCC3)cn2)cc(C(=O)C(C)C)c1. The molecule has 2 amide bonds. The molecule has 31 heteroatoms. The van der Waals surface area contributed by atoms with Gasteiger partial charge in [-0.1, -0.05) is 113 Å². The zero-order valence-corrected chi connectivity index (χ0v) is 84.4. The Balaban J connectivity index is 0.000000212. The van der Waals surface area contributed by atoms with Crippen molar-refractivity contribution in [3.05, 3.63) is 239 Å². The molecule has 2 N–H and O–H groups in total. The summed E-state index contributed by atoms with van der Waals surface area (Å²) in [6, 6.07) is 47.9. The highest BCUT2D eigenvalue weighted by atomic mass is 32.2. The molecule has 0 unspecified atom stereocenters. The second-order valence-electron chi connectivity index (χ2n) is 35.7. The molecule has 0 radical (unpaired) electrons. The second-order valence-corrected chi connectivity index (χ2v) is 39.8. The molecule has 8 aromatic carbocycles. The van der Waals surface area contributed by atoms with Crippen molar-refractivity contribution >= 4 is 60.4 Å². The van der Waals surface area contributed by atoms with Crippen molar-refractivity contribution in [1.29, 1.82) is 0 Å². The Morgan fingerprint density at radius 3 is 0.891 bits per heavy atom. The van der Waals surface area contributed by atoms with Gasteiger partial charge in [-0.15, -0.1) is 0 Å². The zero-order valence-electron chi connectivity index (χ0n) is 82.8. The maximum absolute atomic E-state index is 12.5. The topological polar surface area (TPSA) is 379 Å². The van der Waals surface area contributed by atoms with Gasteiger partial charge in [0.25, 0.3) is 11.8 Å². The summed E-state index contributed by atoms with van der Waals surface area (Å²) in [5.74, 6) is 5.42. The highest BCUT2D eigenvalue weighted by Crippen LogP contribution is 2.36. The maximum atomic E-state index is 12.5. The van der Waals surface area contributed by atoms with Gasteiger partial charge >= 0.3 is 0 Å². The Labute approximate surface area is 811 Å².